The van der Waals surface area contributed by atoms with Crippen molar-refractivity contribution in [2.45, 2.75) is 19.0 Å². The number of likely N-dealkylation sites (tertiary alicyclic amines) is 1. The largest absolute Gasteiger partial charge is 0.337 e. The van der Waals surface area contributed by atoms with Crippen LogP contribution in [-0.4, -0.2) is 71.4 Å². The minimum Gasteiger partial charge on any atom is -0.337 e. The second-order valence-corrected chi connectivity index (χ2v) is 5.76. The van der Waals surface area contributed by atoms with Gasteiger partial charge in [-0.05, 0) is 25.1 Å². The van der Waals surface area contributed by atoms with Gasteiger partial charge in [0, 0.05) is 51.7 Å². The van der Waals surface area contributed by atoms with Crippen molar-refractivity contribution < 1.29 is 4.79 Å². The number of nitrogens with zero attached hydrogens (tertiary/aromatic N) is 4. The van der Waals surface area contributed by atoms with E-state index in [0.717, 1.165) is 44.7 Å². The minimum atomic E-state index is 0.0976. The Bertz CT molecular complexity index is 456. The first kappa shape index (κ1) is 13.5. The second-order valence-electron chi connectivity index (χ2n) is 5.76. The normalized spacial score (nSPS) is 25.4. The van der Waals surface area contributed by atoms with Gasteiger partial charge in [0.15, 0.2) is 0 Å². The lowest BCUT2D eigenvalue weighted by Crippen LogP contribution is -2.51. The highest BCUT2D eigenvalue weighted by Crippen LogP contribution is 2.20. The van der Waals surface area contributed by atoms with E-state index in [1.54, 1.807) is 6.20 Å². The van der Waals surface area contributed by atoms with E-state index in [1.165, 1.54) is 0 Å². The van der Waals surface area contributed by atoms with Gasteiger partial charge in [0.1, 0.15) is 0 Å². The van der Waals surface area contributed by atoms with Crippen LogP contribution in [0.25, 0.3) is 0 Å². The van der Waals surface area contributed by atoms with E-state index in [-0.39, 0.29) is 6.04 Å². The summed E-state index contributed by atoms with van der Waals surface area (Å²) in [6.45, 7) is 5.70. The van der Waals surface area contributed by atoms with Crippen molar-refractivity contribution in [3.05, 3.63) is 30.1 Å². The van der Waals surface area contributed by atoms with Gasteiger partial charge >= 0.3 is 0 Å². The predicted molar refractivity (Wildman–Crippen MR) is 77.1 cm³/mol. The van der Waals surface area contributed by atoms with Crippen LogP contribution in [-0.2, 0) is 11.3 Å². The average Bonchev–Trinajstić information content (AvgIpc) is 2.83. The molecule has 1 unspecified atom stereocenters. The molecular formula is C15H22N4O. The molecular weight excluding hydrogens is 252 g/mol. The number of piperazine rings is 1. The number of hydrogen-bond acceptors (Lipinski definition) is 4. The van der Waals surface area contributed by atoms with Crippen molar-refractivity contribution in [3.63, 3.8) is 0 Å². The highest BCUT2D eigenvalue weighted by atomic mass is 16.2. The van der Waals surface area contributed by atoms with Gasteiger partial charge in [0.05, 0.1) is 6.04 Å². The van der Waals surface area contributed by atoms with Gasteiger partial charge in [0.25, 0.3) is 0 Å². The van der Waals surface area contributed by atoms with Crippen LogP contribution in [0.2, 0.25) is 0 Å². The standard InChI is InChI=1S/C15H22N4O/c1-17-7-9-18(10-8-17)14-4-6-19(15(14)20)12-13-3-2-5-16-11-13/h2-3,5,11,14H,4,6-10,12H2,1H3. The van der Waals surface area contributed by atoms with Crippen LogP contribution in [0, 0.1) is 0 Å². The molecule has 5 nitrogen and oxygen atoms in total. The average molecular weight is 274 g/mol. The van der Waals surface area contributed by atoms with E-state index < -0.39 is 0 Å². The zero-order valence-corrected chi connectivity index (χ0v) is 12.0. The van der Waals surface area contributed by atoms with Gasteiger partial charge in [-0.2, -0.15) is 0 Å². The van der Waals surface area contributed by atoms with Crippen LogP contribution in [0.5, 0.6) is 0 Å². The zero-order valence-electron chi connectivity index (χ0n) is 12.0. The van der Waals surface area contributed by atoms with E-state index in [4.69, 9.17) is 0 Å². The number of carbonyl (C=O) groups excluding carboxylic acids is 1. The van der Waals surface area contributed by atoms with Crippen molar-refractivity contribution in [2.24, 2.45) is 0 Å². The van der Waals surface area contributed by atoms with Crippen LogP contribution >= 0.6 is 0 Å². The fourth-order valence-corrected chi connectivity index (χ4v) is 3.06. The number of rotatable bonds is 3. The molecule has 1 aromatic heterocycles. The van der Waals surface area contributed by atoms with Crippen molar-refractivity contribution in [1.29, 1.82) is 0 Å². The number of amides is 1. The molecule has 1 amide bonds. The molecule has 0 spiro atoms. The molecule has 3 heterocycles. The highest BCUT2D eigenvalue weighted by Gasteiger charge is 2.36. The summed E-state index contributed by atoms with van der Waals surface area (Å²) in [5, 5.41) is 0. The minimum absolute atomic E-state index is 0.0976. The van der Waals surface area contributed by atoms with Gasteiger partial charge in [-0.25, -0.2) is 0 Å². The van der Waals surface area contributed by atoms with E-state index in [0.29, 0.717) is 12.5 Å². The van der Waals surface area contributed by atoms with Crippen LogP contribution in [0.3, 0.4) is 0 Å². The first-order chi connectivity index (χ1) is 9.74. The fraction of sp³-hybridized carbons (Fsp3) is 0.600. The van der Waals surface area contributed by atoms with Gasteiger partial charge in [-0.3, -0.25) is 14.7 Å². The molecule has 2 aliphatic rings. The Kier molecular flexibility index (Phi) is 3.98. The summed E-state index contributed by atoms with van der Waals surface area (Å²) in [4.78, 5) is 23.3. The number of carbonyl (C=O) groups is 1. The first-order valence-electron chi connectivity index (χ1n) is 7.34. The monoisotopic (exact) mass is 274 g/mol. The van der Waals surface area contributed by atoms with E-state index in [2.05, 4.69) is 21.8 Å². The Morgan fingerprint density at radius 1 is 1.25 bits per heavy atom. The summed E-state index contributed by atoms with van der Waals surface area (Å²) in [6.07, 6.45) is 4.57. The van der Waals surface area contributed by atoms with Crippen LogP contribution in [0.15, 0.2) is 24.5 Å². The molecule has 108 valence electrons. The van der Waals surface area contributed by atoms with Crippen molar-refractivity contribution in [1.82, 2.24) is 19.7 Å². The summed E-state index contributed by atoms with van der Waals surface area (Å²) in [5.74, 6) is 0.290. The molecule has 0 bridgehead atoms. The number of likely N-dealkylation sites (N-methyl/N-ethyl adjacent to an activating group) is 1. The molecule has 0 radical (unpaired) electrons. The molecule has 2 saturated heterocycles. The third-order valence-electron chi connectivity index (χ3n) is 4.34. The van der Waals surface area contributed by atoms with Crippen molar-refractivity contribution in [3.8, 4) is 0 Å². The smallest absolute Gasteiger partial charge is 0.240 e. The maximum Gasteiger partial charge on any atom is 0.240 e. The lowest BCUT2D eigenvalue weighted by Gasteiger charge is -2.35. The van der Waals surface area contributed by atoms with E-state index >= 15 is 0 Å². The molecule has 5 heteroatoms. The van der Waals surface area contributed by atoms with Gasteiger partial charge in [-0.1, -0.05) is 6.07 Å². The number of pyridine rings is 1. The topological polar surface area (TPSA) is 39.7 Å². The maximum atomic E-state index is 12.5. The lowest BCUT2D eigenvalue weighted by atomic mass is 10.2. The Morgan fingerprint density at radius 2 is 2.05 bits per heavy atom. The Balaban J connectivity index is 1.59. The lowest BCUT2D eigenvalue weighted by molar-refractivity contribution is -0.133. The third-order valence-corrected chi connectivity index (χ3v) is 4.34. The SMILES string of the molecule is CN1CCN(C2CCN(Cc3cccnc3)C2=O)CC1. The second kappa shape index (κ2) is 5.89. The molecule has 20 heavy (non-hydrogen) atoms. The maximum absolute atomic E-state index is 12.5. The highest BCUT2D eigenvalue weighted by molar-refractivity contribution is 5.84. The molecule has 2 fully saturated rings. The zero-order chi connectivity index (χ0) is 13.9. The quantitative estimate of drug-likeness (QED) is 0.801. The van der Waals surface area contributed by atoms with Crippen molar-refractivity contribution >= 4 is 5.91 Å². The van der Waals surface area contributed by atoms with E-state index in [9.17, 15) is 4.79 Å². The first-order valence-corrected chi connectivity index (χ1v) is 7.34. The molecule has 0 N–H and O–H groups in total. The molecule has 3 rings (SSSR count). The van der Waals surface area contributed by atoms with E-state index in [1.807, 2.05) is 23.2 Å². The summed E-state index contributed by atoms with van der Waals surface area (Å²) < 4.78 is 0. The van der Waals surface area contributed by atoms with Gasteiger partial charge in [0.2, 0.25) is 5.91 Å². The Hall–Kier alpha value is -1.46. The summed E-state index contributed by atoms with van der Waals surface area (Å²) in [7, 11) is 2.14. The van der Waals surface area contributed by atoms with Crippen LogP contribution in [0.1, 0.15) is 12.0 Å². The number of hydrogen-bond donors (Lipinski definition) is 0. The van der Waals surface area contributed by atoms with Gasteiger partial charge in [-0.15, -0.1) is 0 Å². The molecule has 0 aliphatic carbocycles. The summed E-state index contributed by atoms with van der Waals surface area (Å²) >= 11 is 0. The Morgan fingerprint density at radius 3 is 2.75 bits per heavy atom. The third kappa shape index (κ3) is 2.83. The molecule has 0 aromatic carbocycles. The summed E-state index contributed by atoms with van der Waals surface area (Å²) in [6, 6.07) is 4.05. The van der Waals surface area contributed by atoms with Crippen molar-refractivity contribution in [2.75, 3.05) is 39.8 Å². The molecule has 1 atom stereocenters. The Labute approximate surface area is 120 Å². The van der Waals surface area contributed by atoms with Crippen LogP contribution < -0.4 is 0 Å². The van der Waals surface area contributed by atoms with Gasteiger partial charge < -0.3 is 9.80 Å². The number of aromatic nitrogens is 1. The van der Waals surface area contributed by atoms with Crippen LogP contribution in [0.4, 0.5) is 0 Å². The summed E-state index contributed by atoms with van der Waals surface area (Å²) in [5.41, 5.74) is 1.11. The molecule has 2 aliphatic heterocycles. The molecule has 1 aromatic rings. The molecule has 0 saturated carbocycles. The fourth-order valence-electron chi connectivity index (χ4n) is 3.06. The predicted octanol–water partition coefficient (Wildman–Crippen LogP) is 0.430.